The summed E-state index contributed by atoms with van der Waals surface area (Å²) >= 11 is 1.47. The fourth-order valence-electron chi connectivity index (χ4n) is 2.68. The lowest BCUT2D eigenvalue weighted by atomic mass is 10.1. The van der Waals surface area contributed by atoms with E-state index in [1.165, 1.54) is 23.9 Å². The Morgan fingerprint density at radius 3 is 2.67 bits per heavy atom. The molecule has 0 bridgehead atoms. The SMILES string of the molecule is CCOc1ccc(-c2ccc3nnc(SCc4cccc(F)c4)n3n2)cc1. The highest BCUT2D eigenvalue weighted by atomic mass is 32.2. The van der Waals surface area contributed by atoms with Crippen LogP contribution >= 0.6 is 11.8 Å². The van der Waals surface area contributed by atoms with Crippen molar-refractivity contribution in [2.24, 2.45) is 0 Å². The third-order valence-electron chi connectivity index (χ3n) is 3.95. The van der Waals surface area contributed by atoms with Gasteiger partial charge in [0.05, 0.1) is 12.3 Å². The summed E-state index contributed by atoms with van der Waals surface area (Å²) in [5, 5.41) is 13.7. The lowest BCUT2D eigenvalue weighted by molar-refractivity contribution is 0.340. The molecule has 7 heteroatoms. The van der Waals surface area contributed by atoms with Crippen molar-refractivity contribution in [3.05, 3.63) is 72.0 Å². The van der Waals surface area contributed by atoms with E-state index in [2.05, 4.69) is 15.3 Å². The Hall–Kier alpha value is -2.93. The maximum atomic E-state index is 13.3. The van der Waals surface area contributed by atoms with Crippen molar-refractivity contribution < 1.29 is 9.13 Å². The zero-order valence-electron chi connectivity index (χ0n) is 14.7. The van der Waals surface area contributed by atoms with E-state index in [1.54, 1.807) is 10.6 Å². The van der Waals surface area contributed by atoms with Gasteiger partial charge in [0.2, 0.25) is 5.16 Å². The molecule has 2 aromatic heterocycles. The van der Waals surface area contributed by atoms with E-state index in [-0.39, 0.29) is 5.82 Å². The number of halogens is 1. The van der Waals surface area contributed by atoms with Gasteiger partial charge in [-0.1, -0.05) is 23.9 Å². The Labute approximate surface area is 160 Å². The lowest BCUT2D eigenvalue weighted by Gasteiger charge is -2.06. The number of rotatable bonds is 6. The van der Waals surface area contributed by atoms with Gasteiger partial charge in [0.25, 0.3) is 0 Å². The van der Waals surface area contributed by atoms with Gasteiger partial charge in [-0.25, -0.2) is 4.39 Å². The topological polar surface area (TPSA) is 52.3 Å². The van der Waals surface area contributed by atoms with Crippen molar-refractivity contribution >= 4 is 17.4 Å². The number of nitrogens with zero attached hydrogens (tertiary/aromatic N) is 4. The smallest absolute Gasteiger partial charge is 0.212 e. The van der Waals surface area contributed by atoms with E-state index in [9.17, 15) is 4.39 Å². The largest absolute Gasteiger partial charge is 0.494 e. The summed E-state index contributed by atoms with van der Waals surface area (Å²) < 4.78 is 20.5. The van der Waals surface area contributed by atoms with Crippen LogP contribution in [0.2, 0.25) is 0 Å². The number of ether oxygens (including phenoxy) is 1. The van der Waals surface area contributed by atoms with E-state index < -0.39 is 0 Å². The van der Waals surface area contributed by atoms with Crippen LogP contribution in [0.5, 0.6) is 5.75 Å². The van der Waals surface area contributed by atoms with E-state index in [0.29, 0.717) is 23.2 Å². The molecule has 136 valence electrons. The number of benzene rings is 2. The van der Waals surface area contributed by atoms with Crippen LogP contribution in [0.25, 0.3) is 16.9 Å². The first kappa shape index (κ1) is 17.5. The van der Waals surface area contributed by atoms with Crippen molar-refractivity contribution in [2.75, 3.05) is 6.61 Å². The number of aromatic nitrogens is 4. The Bertz CT molecular complexity index is 1070. The normalized spacial score (nSPS) is 11.0. The molecule has 0 saturated heterocycles. The molecule has 4 aromatic rings. The van der Waals surface area contributed by atoms with Gasteiger partial charge in [0.1, 0.15) is 11.6 Å². The molecule has 0 radical (unpaired) electrons. The van der Waals surface area contributed by atoms with Gasteiger partial charge >= 0.3 is 0 Å². The van der Waals surface area contributed by atoms with Gasteiger partial charge in [-0.05, 0) is 61.0 Å². The average Bonchev–Trinajstić information content (AvgIpc) is 3.10. The predicted octanol–water partition coefficient (Wildman–Crippen LogP) is 4.62. The van der Waals surface area contributed by atoms with Gasteiger partial charge in [0.15, 0.2) is 5.65 Å². The highest BCUT2D eigenvalue weighted by Gasteiger charge is 2.10. The quantitative estimate of drug-likeness (QED) is 0.457. The molecule has 0 fully saturated rings. The van der Waals surface area contributed by atoms with E-state index in [1.807, 2.05) is 49.4 Å². The minimum atomic E-state index is -0.241. The van der Waals surface area contributed by atoms with Crippen LogP contribution in [0.15, 0.2) is 65.8 Å². The van der Waals surface area contributed by atoms with Crippen molar-refractivity contribution in [2.45, 2.75) is 17.8 Å². The molecule has 27 heavy (non-hydrogen) atoms. The highest BCUT2D eigenvalue weighted by molar-refractivity contribution is 7.98. The summed E-state index contributed by atoms with van der Waals surface area (Å²) in [5.74, 6) is 1.18. The second kappa shape index (κ2) is 7.75. The minimum absolute atomic E-state index is 0.241. The van der Waals surface area contributed by atoms with Crippen LogP contribution in [0.4, 0.5) is 4.39 Å². The molecule has 0 aliphatic rings. The summed E-state index contributed by atoms with van der Waals surface area (Å²) in [6, 6.07) is 18.2. The molecule has 4 rings (SSSR count). The van der Waals surface area contributed by atoms with Crippen LogP contribution in [-0.2, 0) is 5.75 Å². The summed E-state index contributed by atoms with van der Waals surface area (Å²) in [6.45, 7) is 2.59. The number of hydrogen-bond donors (Lipinski definition) is 0. The molecule has 0 saturated carbocycles. The predicted molar refractivity (Wildman–Crippen MR) is 103 cm³/mol. The Kier molecular flexibility index (Phi) is 5.02. The summed E-state index contributed by atoms with van der Waals surface area (Å²) in [6.07, 6.45) is 0. The Morgan fingerprint density at radius 1 is 1.04 bits per heavy atom. The Morgan fingerprint density at radius 2 is 1.89 bits per heavy atom. The molecule has 0 unspecified atom stereocenters. The molecular formula is C20H17FN4OS. The number of hydrogen-bond acceptors (Lipinski definition) is 5. The molecule has 0 aliphatic carbocycles. The molecular weight excluding hydrogens is 363 g/mol. The van der Waals surface area contributed by atoms with Crippen LogP contribution in [0, 0.1) is 5.82 Å². The highest BCUT2D eigenvalue weighted by Crippen LogP contribution is 2.24. The van der Waals surface area contributed by atoms with Gasteiger partial charge in [0, 0.05) is 11.3 Å². The molecule has 5 nitrogen and oxygen atoms in total. The zero-order chi connectivity index (χ0) is 18.6. The average molecular weight is 380 g/mol. The second-order valence-corrected chi connectivity index (χ2v) is 6.79. The van der Waals surface area contributed by atoms with Crippen molar-refractivity contribution in [3.8, 4) is 17.0 Å². The van der Waals surface area contributed by atoms with Crippen LogP contribution in [0.3, 0.4) is 0 Å². The first-order valence-corrected chi connectivity index (χ1v) is 9.54. The summed E-state index contributed by atoms with van der Waals surface area (Å²) in [5.41, 5.74) is 3.36. The minimum Gasteiger partial charge on any atom is -0.494 e. The van der Waals surface area contributed by atoms with E-state index in [4.69, 9.17) is 4.74 Å². The first-order chi connectivity index (χ1) is 13.2. The molecule has 0 atom stereocenters. The second-order valence-electron chi connectivity index (χ2n) is 5.85. The monoisotopic (exact) mass is 380 g/mol. The van der Waals surface area contributed by atoms with Crippen LogP contribution in [0.1, 0.15) is 12.5 Å². The summed E-state index contributed by atoms with van der Waals surface area (Å²) in [4.78, 5) is 0. The number of thioether (sulfide) groups is 1. The lowest BCUT2D eigenvalue weighted by Crippen LogP contribution is -1.97. The Balaban J connectivity index is 1.59. The fourth-order valence-corrected chi connectivity index (χ4v) is 3.51. The zero-order valence-corrected chi connectivity index (χ0v) is 15.5. The molecule has 0 aliphatic heterocycles. The third kappa shape index (κ3) is 3.93. The third-order valence-corrected chi connectivity index (χ3v) is 4.94. The van der Waals surface area contributed by atoms with Gasteiger partial charge in [-0.3, -0.25) is 0 Å². The standard InChI is InChI=1S/C20H17FN4OS/c1-2-26-17-8-6-15(7-9-17)18-10-11-19-22-23-20(25(19)24-18)27-13-14-4-3-5-16(21)12-14/h3-12H,2,13H2,1H3. The van der Waals surface area contributed by atoms with Crippen molar-refractivity contribution in [1.82, 2.24) is 19.8 Å². The van der Waals surface area contributed by atoms with E-state index >= 15 is 0 Å². The summed E-state index contributed by atoms with van der Waals surface area (Å²) in [7, 11) is 0. The maximum Gasteiger partial charge on any atom is 0.212 e. The van der Waals surface area contributed by atoms with E-state index in [0.717, 1.165) is 22.6 Å². The fraction of sp³-hybridized carbons (Fsp3) is 0.150. The molecule has 2 heterocycles. The molecule has 0 spiro atoms. The first-order valence-electron chi connectivity index (χ1n) is 8.56. The molecule has 2 aromatic carbocycles. The van der Waals surface area contributed by atoms with Crippen LogP contribution < -0.4 is 4.74 Å². The molecule has 0 amide bonds. The van der Waals surface area contributed by atoms with Crippen molar-refractivity contribution in [3.63, 3.8) is 0 Å². The molecule has 0 N–H and O–H groups in total. The van der Waals surface area contributed by atoms with Gasteiger partial charge < -0.3 is 4.74 Å². The van der Waals surface area contributed by atoms with Gasteiger partial charge in [-0.15, -0.1) is 10.2 Å². The maximum absolute atomic E-state index is 13.3. The number of fused-ring (bicyclic) bond motifs is 1. The van der Waals surface area contributed by atoms with Crippen molar-refractivity contribution in [1.29, 1.82) is 0 Å². The van der Waals surface area contributed by atoms with Gasteiger partial charge in [-0.2, -0.15) is 9.61 Å². The van der Waals surface area contributed by atoms with Crippen LogP contribution in [-0.4, -0.2) is 26.4 Å².